The van der Waals surface area contributed by atoms with E-state index in [0.29, 0.717) is 0 Å². The standard InChI is InChI=1S/C20H24N2O/c1-4-9-17(5-2)22(20-14-15(3)21-23-20)19-13-8-11-16-10-6-7-12-18(16)19/h4-5,8,11,13-14,17H,1-2,6-7,9-10,12H2,3H3. The zero-order chi connectivity index (χ0) is 16.2. The van der Waals surface area contributed by atoms with Crippen molar-refractivity contribution in [1.82, 2.24) is 5.16 Å². The Morgan fingerprint density at radius 1 is 1.30 bits per heavy atom. The van der Waals surface area contributed by atoms with Gasteiger partial charge in [0.25, 0.3) is 0 Å². The summed E-state index contributed by atoms with van der Waals surface area (Å²) < 4.78 is 5.59. The third-order valence-corrected chi connectivity index (χ3v) is 4.50. The molecular weight excluding hydrogens is 284 g/mol. The van der Waals surface area contributed by atoms with E-state index in [1.54, 1.807) is 0 Å². The fourth-order valence-electron chi connectivity index (χ4n) is 3.39. The lowest BCUT2D eigenvalue weighted by atomic mass is 9.89. The molecule has 0 radical (unpaired) electrons. The van der Waals surface area contributed by atoms with Crippen LogP contribution in [0.15, 0.2) is 54.1 Å². The predicted octanol–water partition coefficient (Wildman–Crippen LogP) is 5.13. The highest BCUT2D eigenvalue weighted by atomic mass is 16.5. The number of rotatable bonds is 6. The first-order valence-electron chi connectivity index (χ1n) is 8.31. The van der Waals surface area contributed by atoms with Crippen LogP contribution >= 0.6 is 0 Å². The number of aryl methyl sites for hydroxylation is 2. The molecule has 2 aromatic rings. The summed E-state index contributed by atoms with van der Waals surface area (Å²) in [5, 5.41) is 4.08. The minimum atomic E-state index is 0.105. The molecule has 0 fully saturated rings. The Hall–Kier alpha value is -2.29. The van der Waals surface area contributed by atoms with Crippen molar-refractivity contribution in [2.45, 2.75) is 45.1 Å². The monoisotopic (exact) mass is 308 g/mol. The van der Waals surface area contributed by atoms with Gasteiger partial charge in [0.15, 0.2) is 0 Å². The van der Waals surface area contributed by atoms with Crippen LogP contribution in [0.4, 0.5) is 11.6 Å². The molecule has 1 aromatic carbocycles. The van der Waals surface area contributed by atoms with Gasteiger partial charge in [0.1, 0.15) is 0 Å². The molecule has 0 N–H and O–H groups in total. The summed E-state index contributed by atoms with van der Waals surface area (Å²) in [4.78, 5) is 2.22. The van der Waals surface area contributed by atoms with Crippen molar-refractivity contribution in [3.63, 3.8) is 0 Å². The predicted molar refractivity (Wildman–Crippen MR) is 95.3 cm³/mol. The molecule has 3 heteroatoms. The van der Waals surface area contributed by atoms with Gasteiger partial charge in [-0.25, -0.2) is 0 Å². The molecule has 3 nitrogen and oxygen atoms in total. The van der Waals surface area contributed by atoms with Crippen LogP contribution in [0.3, 0.4) is 0 Å². The van der Waals surface area contributed by atoms with Crippen LogP contribution in [0, 0.1) is 6.92 Å². The third kappa shape index (κ3) is 3.09. The van der Waals surface area contributed by atoms with Gasteiger partial charge in [-0.3, -0.25) is 0 Å². The van der Waals surface area contributed by atoms with Gasteiger partial charge < -0.3 is 9.42 Å². The van der Waals surface area contributed by atoms with E-state index >= 15 is 0 Å². The van der Waals surface area contributed by atoms with Gasteiger partial charge in [-0.15, -0.1) is 13.2 Å². The van der Waals surface area contributed by atoms with Crippen LogP contribution in [0.2, 0.25) is 0 Å². The van der Waals surface area contributed by atoms with E-state index in [2.05, 4.69) is 41.4 Å². The van der Waals surface area contributed by atoms with Crippen LogP contribution in [-0.4, -0.2) is 11.2 Å². The molecule has 1 unspecified atom stereocenters. The second-order valence-corrected chi connectivity index (χ2v) is 6.13. The maximum absolute atomic E-state index is 5.59. The summed E-state index contributed by atoms with van der Waals surface area (Å²) in [6, 6.07) is 8.67. The Balaban J connectivity index is 2.11. The molecule has 1 atom stereocenters. The Morgan fingerprint density at radius 3 is 2.83 bits per heavy atom. The number of hydrogen-bond donors (Lipinski definition) is 0. The summed E-state index contributed by atoms with van der Waals surface area (Å²) in [6.45, 7) is 9.86. The van der Waals surface area contributed by atoms with Gasteiger partial charge >= 0.3 is 0 Å². The zero-order valence-corrected chi connectivity index (χ0v) is 13.8. The molecule has 0 bridgehead atoms. The number of hydrogen-bond acceptors (Lipinski definition) is 3. The SMILES string of the molecule is C=CCC(C=C)N(c1cc(C)no1)c1cccc2c1CCCC2. The molecule has 1 aromatic heterocycles. The van der Waals surface area contributed by atoms with E-state index in [1.165, 1.54) is 29.7 Å². The van der Waals surface area contributed by atoms with Gasteiger partial charge in [0.05, 0.1) is 11.7 Å². The van der Waals surface area contributed by atoms with E-state index in [1.807, 2.05) is 25.1 Å². The summed E-state index contributed by atoms with van der Waals surface area (Å²) >= 11 is 0. The van der Waals surface area contributed by atoms with E-state index in [4.69, 9.17) is 4.52 Å². The summed E-state index contributed by atoms with van der Waals surface area (Å²) in [6.07, 6.45) is 9.50. The second-order valence-electron chi connectivity index (χ2n) is 6.13. The highest BCUT2D eigenvalue weighted by Gasteiger charge is 2.25. The molecule has 0 saturated carbocycles. The summed E-state index contributed by atoms with van der Waals surface area (Å²) in [5.74, 6) is 0.772. The highest BCUT2D eigenvalue weighted by Crippen LogP contribution is 2.37. The molecule has 0 aliphatic heterocycles. The first-order valence-corrected chi connectivity index (χ1v) is 8.31. The average molecular weight is 308 g/mol. The van der Waals surface area contributed by atoms with Crippen LogP contribution < -0.4 is 4.90 Å². The Labute approximate surface area is 138 Å². The van der Waals surface area contributed by atoms with Crippen LogP contribution in [-0.2, 0) is 12.8 Å². The van der Waals surface area contributed by atoms with Crippen molar-refractivity contribution in [3.8, 4) is 0 Å². The third-order valence-electron chi connectivity index (χ3n) is 4.50. The molecule has 0 amide bonds. The number of anilines is 2. The van der Waals surface area contributed by atoms with E-state index < -0.39 is 0 Å². The lowest BCUT2D eigenvalue weighted by molar-refractivity contribution is 0.414. The molecule has 23 heavy (non-hydrogen) atoms. The minimum Gasteiger partial charge on any atom is -0.338 e. The van der Waals surface area contributed by atoms with Crippen LogP contribution in [0.1, 0.15) is 36.1 Å². The van der Waals surface area contributed by atoms with Gasteiger partial charge in [0.2, 0.25) is 5.88 Å². The largest absolute Gasteiger partial charge is 0.338 e. The molecule has 1 aliphatic rings. The second kappa shape index (κ2) is 6.86. The van der Waals surface area contributed by atoms with Crippen molar-refractivity contribution >= 4 is 11.6 Å². The molecule has 1 aliphatic carbocycles. The van der Waals surface area contributed by atoms with Crippen molar-refractivity contribution in [3.05, 3.63) is 66.4 Å². The fraction of sp³-hybridized carbons (Fsp3) is 0.350. The normalized spacial score (nSPS) is 14.8. The van der Waals surface area contributed by atoms with Gasteiger partial charge in [0, 0.05) is 11.8 Å². The number of fused-ring (bicyclic) bond motifs is 1. The van der Waals surface area contributed by atoms with Crippen LogP contribution in [0.5, 0.6) is 0 Å². The lowest BCUT2D eigenvalue weighted by Crippen LogP contribution is -2.30. The summed E-state index contributed by atoms with van der Waals surface area (Å²) in [7, 11) is 0. The average Bonchev–Trinajstić information content (AvgIpc) is 3.00. The highest BCUT2D eigenvalue weighted by molar-refractivity contribution is 5.67. The molecule has 1 heterocycles. The van der Waals surface area contributed by atoms with Crippen molar-refractivity contribution < 1.29 is 4.52 Å². The number of benzene rings is 1. The molecular formula is C20H24N2O. The van der Waals surface area contributed by atoms with Gasteiger partial charge in [-0.1, -0.05) is 29.4 Å². The molecule has 3 rings (SSSR count). The van der Waals surface area contributed by atoms with E-state index in [0.717, 1.165) is 30.8 Å². The van der Waals surface area contributed by atoms with Gasteiger partial charge in [-0.2, -0.15) is 0 Å². The topological polar surface area (TPSA) is 29.3 Å². The number of aromatic nitrogens is 1. The quantitative estimate of drug-likeness (QED) is 0.693. The van der Waals surface area contributed by atoms with E-state index in [9.17, 15) is 0 Å². The molecule has 0 saturated heterocycles. The van der Waals surface area contributed by atoms with Crippen molar-refractivity contribution in [2.24, 2.45) is 0 Å². The van der Waals surface area contributed by atoms with Crippen molar-refractivity contribution in [1.29, 1.82) is 0 Å². The molecule has 120 valence electrons. The van der Waals surface area contributed by atoms with Crippen molar-refractivity contribution in [2.75, 3.05) is 4.90 Å². The van der Waals surface area contributed by atoms with Crippen LogP contribution in [0.25, 0.3) is 0 Å². The first kappa shape index (κ1) is 15.6. The minimum absolute atomic E-state index is 0.105. The summed E-state index contributed by atoms with van der Waals surface area (Å²) in [5.41, 5.74) is 4.99. The lowest BCUT2D eigenvalue weighted by Gasteiger charge is -2.32. The van der Waals surface area contributed by atoms with E-state index in [-0.39, 0.29) is 6.04 Å². The molecule has 0 spiro atoms. The Bertz CT molecular complexity index is 701. The number of nitrogens with zero attached hydrogens (tertiary/aromatic N) is 2. The Kier molecular flexibility index (Phi) is 4.65. The zero-order valence-electron chi connectivity index (χ0n) is 13.8. The fourth-order valence-corrected chi connectivity index (χ4v) is 3.39. The maximum Gasteiger partial charge on any atom is 0.232 e. The smallest absolute Gasteiger partial charge is 0.232 e. The Morgan fingerprint density at radius 2 is 2.13 bits per heavy atom. The van der Waals surface area contributed by atoms with Gasteiger partial charge in [-0.05, 0) is 56.2 Å². The first-order chi connectivity index (χ1) is 11.2. The maximum atomic E-state index is 5.59.